The Hall–Kier alpha value is -0.920. The van der Waals surface area contributed by atoms with Crippen LogP contribution in [-0.4, -0.2) is 11.6 Å². The molecule has 0 aliphatic heterocycles. The van der Waals surface area contributed by atoms with Crippen LogP contribution in [0.4, 0.5) is 0 Å². The van der Waals surface area contributed by atoms with Crippen molar-refractivity contribution in [2.24, 2.45) is 17.3 Å². The molecule has 1 saturated carbocycles. The zero-order valence-corrected chi connectivity index (χ0v) is 9.67. The van der Waals surface area contributed by atoms with Gasteiger partial charge in [-0.3, -0.25) is 9.59 Å². The Morgan fingerprint density at radius 2 is 2.20 bits per heavy atom. The first-order valence-corrected chi connectivity index (χ1v) is 5.70. The maximum Gasteiger partial charge on any atom is 0.155 e. The highest BCUT2D eigenvalue weighted by atomic mass is 16.1. The van der Waals surface area contributed by atoms with E-state index in [-0.39, 0.29) is 17.1 Å². The van der Waals surface area contributed by atoms with E-state index in [0.29, 0.717) is 18.1 Å². The molecule has 1 fully saturated rings. The predicted octanol–water partition coefficient (Wildman–Crippen LogP) is 2.53. The standard InChI is InChI=1S/C13H18O2/c1-8-12(15)5-4-11-6-10(9(2)14)7-13(8,11)3/h7-8,11H,4-6H2,1-3H3. The third-order valence-electron chi connectivity index (χ3n) is 4.44. The lowest BCUT2D eigenvalue weighted by Gasteiger charge is -2.40. The van der Waals surface area contributed by atoms with Crippen molar-refractivity contribution in [3.05, 3.63) is 11.6 Å². The van der Waals surface area contributed by atoms with Gasteiger partial charge in [0.05, 0.1) is 0 Å². The van der Waals surface area contributed by atoms with Crippen LogP contribution >= 0.6 is 0 Å². The van der Waals surface area contributed by atoms with Crippen LogP contribution in [0.15, 0.2) is 11.6 Å². The normalized spacial score (nSPS) is 39.9. The Bertz CT molecular complexity index is 354. The van der Waals surface area contributed by atoms with Crippen LogP contribution in [0.2, 0.25) is 0 Å². The molecule has 2 rings (SSSR count). The molecule has 0 bridgehead atoms. The maximum absolute atomic E-state index is 11.7. The summed E-state index contributed by atoms with van der Waals surface area (Å²) in [5, 5.41) is 0. The molecule has 82 valence electrons. The molecule has 2 aliphatic carbocycles. The van der Waals surface area contributed by atoms with E-state index in [1.165, 1.54) is 0 Å². The number of Topliss-reactive ketones (excluding diaryl/α,β-unsaturated/α-hetero) is 2. The van der Waals surface area contributed by atoms with Crippen LogP contribution < -0.4 is 0 Å². The Balaban J connectivity index is 2.35. The van der Waals surface area contributed by atoms with E-state index in [1.807, 2.05) is 6.92 Å². The first-order chi connectivity index (χ1) is 6.95. The molecule has 0 spiro atoms. The van der Waals surface area contributed by atoms with Gasteiger partial charge < -0.3 is 0 Å². The summed E-state index contributed by atoms with van der Waals surface area (Å²) in [7, 11) is 0. The molecule has 2 aliphatic rings. The third-order valence-corrected chi connectivity index (χ3v) is 4.44. The number of hydrogen-bond donors (Lipinski definition) is 0. The zero-order chi connectivity index (χ0) is 11.2. The van der Waals surface area contributed by atoms with Crippen LogP contribution in [-0.2, 0) is 9.59 Å². The Kier molecular flexibility index (Phi) is 2.32. The SMILES string of the molecule is CC(=O)C1=CC2(C)C(CCC(=O)C2C)C1. The second-order valence-corrected chi connectivity index (χ2v) is 5.22. The van der Waals surface area contributed by atoms with E-state index in [1.54, 1.807) is 6.92 Å². The number of fused-ring (bicyclic) bond motifs is 1. The lowest BCUT2D eigenvalue weighted by atomic mass is 9.63. The van der Waals surface area contributed by atoms with Gasteiger partial charge in [-0.25, -0.2) is 0 Å². The molecule has 0 saturated heterocycles. The molecule has 2 heteroatoms. The van der Waals surface area contributed by atoms with Crippen LogP contribution in [0.5, 0.6) is 0 Å². The number of ketones is 2. The molecule has 0 aromatic carbocycles. The van der Waals surface area contributed by atoms with Crippen molar-refractivity contribution in [1.29, 1.82) is 0 Å². The molecule has 0 heterocycles. The fourth-order valence-electron chi connectivity index (χ4n) is 3.05. The highest BCUT2D eigenvalue weighted by Crippen LogP contribution is 2.52. The van der Waals surface area contributed by atoms with Crippen molar-refractivity contribution in [2.75, 3.05) is 0 Å². The number of carbonyl (C=O) groups excluding carboxylic acids is 2. The summed E-state index contributed by atoms with van der Waals surface area (Å²) < 4.78 is 0. The molecule has 0 N–H and O–H groups in total. The quantitative estimate of drug-likeness (QED) is 0.660. The van der Waals surface area contributed by atoms with Crippen molar-refractivity contribution in [3.63, 3.8) is 0 Å². The monoisotopic (exact) mass is 206 g/mol. The fraction of sp³-hybridized carbons (Fsp3) is 0.692. The van der Waals surface area contributed by atoms with Crippen LogP contribution in [0.25, 0.3) is 0 Å². The lowest BCUT2D eigenvalue weighted by Crippen LogP contribution is -2.38. The molecule has 3 unspecified atom stereocenters. The average molecular weight is 206 g/mol. The van der Waals surface area contributed by atoms with Crippen LogP contribution in [0, 0.1) is 17.3 Å². The van der Waals surface area contributed by atoms with Gasteiger partial charge in [-0.1, -0.05) is 19.9 Å². The van der Waals surface area contributed by atoms with Crippen LogP contribution in [0.1, 0.15) is 40.0 Å². The van der Waals surface area contributed by atoms with Gasteiger partial charge in [-0.2, -0.15) is 0 Å². The summed E-state index contributed by atoms with van der Waals surface area (Å²) in [4.78, 5) is 23.1. The van der Waals surface area contributed by atoms with Gasteiger partial charge in [-0.15, -0.1) is 0 Å². The van der Waals surface area contributed by atoms with Crippen molar-refractivity contribution in [1.82, 2.24) is 0 Å². The summed E-state index contributed by atoms with van der Waals surface area (Å²) >= 11 is 0. The largest absolute Gasteiger partial charge is 0.299 e. The average Bonchev–Trinajstić information content (AvgIpc) is 2.52. The van der Waals surface area contributed by atoms with Crippen LogP contribution in [0.3, 0.4) is 0 Å². The lowest BCUT2D eigenvalue weighted by molar-refractivity contribution is -0.129. The molecule has 0 aromatic heterocycles. The van der Waals surface area contributed by atoms with E-state index in [4.69, 9.17) is 0 Å². The van der Waals surface area contributed by atoms with E-state index in [2.05, 4.69) is 13.0 Å². The number of allylic oxidation sites excluding steroid dienone is 2. The van der Waals surface area contributed by atoms with Crippen molar-refractivity contribution >= 4 is 11.6 Å². The first-order valence-electron chi connectivity index (χ1n) is 5.70. The third kappa shape index (κ3) is 1.47. The summed E-state index contributed by atoms with van der Waals surface area (Å²) in [6.45, 7) is 5.77. The van der Waals surface area contributed by atoms with Gasteiger partial charge in [0.15, 0.2) is 5.78 Å². The van der Waals surface area contributed by atoms with Gasteiger partial charge >= 0.3 is 0 Å². The van der Waals surface area contributed by atoms with Gasteiger partial charge in [0, 0.05) is 12.3 Å². The van der Waals surface area contributed by atoms with Crippen molar-refractivity contribution in [3.8, 4) is 0 Å². The minimum absolute atomic E-state index is 0.0592. The number of hydrogen-bond acceptors (Lipinski definition) is 2. The van der Waals surface area contributed by atoms with Gasteiger partial charge in [0.1, 0.15) is 5.78 Å². The summed E-state index contributed by atoms with van der Waals surface area (Å²) in [5.41, 5.74) is 0.875. The van der Waals surface area contributed by atoms with Crippen molar-refractivity contribution in [2.45, 2.75) is 40.0 Å². The molecule has 0 amide bonds. The minimum Gasteiger partial charge on any atom is -0.299 e. The second-order valence-electron chi connectivity index (χ2n) is 5.22. The van der Waals surface area contributed by atoms with E-state index < -0.39 is 0 Å². The van der Waals surface area contributed by atoms with Gasteiger partial charge in [0.25, 0.3) is 0 Å². The summed E-state index contributed by atoms with van der Waals surface area (Å²) in [6.07, 6.45) is 4.60. The highest BCUT2D eigenvalue weighted by molar-refractivity contribution is 5.94. The molecule has 0 radical (unpaired) electrons. The molecule has 2 nitrogen and oxygen atoms in total. The van der Waals surface area contributed by atoms with E-state index in [0.717, 1.165) is 18.4 Å². The molecule has 0 aromatic rings. The summed E-state index contributed by atoms with van der Waals surface area (Å²) in [6, 6.07) is 0. The smallest absolute Gasteiger partial charge is 0.155 e. The molecule has 15 heavy (non-hydrogen) atoms. The Labute approximate surface area is 90.7 Å². The molecular weight excluding hydrogens is 188 g/mol. The van der Waals surface area contributed by atoms with E-state index in [9.17, 15) is 9.59 Å². The zero-order valence-electron chi connectivity index (χ0n) is 9.67. The molecule has 3 atom stereocenters. The Morgan fingerprint density at radius 3 is 2.80 bits per heavy atom. The highest BCUT2D eigenvalue weighted by Gasteiger charge is 2.48. The second kappa shape index (κ2) is 3.29. The van der Waals surface area contributed by atoms with Gasteiger partial charge in [0.2, 0.25) is 0 Å². The van der Waals surface area contributed by atoms with E-state index >= 15 is 0 Å². The Morgan fingerprint density at radius 1 is 1.53 bits per heavy atom. The maximum atomic E-state index is 11.7. The predicted molar refractivity (Wildman–Crippen MR) is 58.4 cm³/mol. The minimum atomic E-state index is -0.0592. The number of rotatable bonds is 1. The van der Waals surface area contributed by atoms with Crippen molar-refractivity contribution < 1.29 is 9.59 Å². The van der Waals surface area contributed by atoms with Gasteiger partial charge in [-0.05, 0) is 36.7 Å². The molecular formula is C13H18O2. The fourth-order valence-corrected chi connectivity index (χ4v) is 3.05. The topological polar surface area (TPSA) is 34.1 Å². The first kappa shape index (κ1) is 10.6. The summed E-state index contributed by atoms with van der Waals surface area (Å²) in [5.74, 6) is 1.11. The number of carbonyl (C=O) groups is 2.